The van der Waals surface area contributed by atoms with Crippen LogP contribution in [0.3, 0.4) is 0 Å². The maximum absolute atomic E-state index is 12.1. The number of sulfone groups is 1. The molecule has 20 heavy (non-hydrogen) atoms. The molecule has 0 aliphatic carbocycles. The molecular weight excluding hydrogens is 298 g/mol. The Bertz CT molecular complexity index is 683. The van der Waals surface area contributed by atoms with Crippen LogP contribution < -0.4 is 0 Å². The summed E-state index contributed by atoms with van der Waals surface area (Å²) in [6, 6.07) is 5.06. The molecule has 0 bridgehead atoms. The second kappa shape index (κ2) is 5.06. The summed E-state index contributed by atoms with van der Waals surface area (Å²) in [5.74, 6) is 0.230. The van der Waals surface area contributed by atoms with Crippen molar-refractivity contribution in [1.29, 1.82) is 0 Å². The zero-order chi connectivity index (χ0) is 14.2. The van der Waals surface area contributed by atoms with E-state index < -0.39 is 15.1 Å². The molecule has 2 aromatic heterocycles. The molecular formula is C13H13NO4S2. The van der Waals surface area contributed by atoms with Gasteiger partial charge in [0.1, 0.15) is 11.5 Å². The Kier molecular flexibility index (Phi) is 3.39. The van der Waals surface area contributed by atoms with Gasteiger partial charge in [-0.3, -0.25) is 4.79 Å². The van der Waals surface area contributed by atoms with E-state index in [1.165, 1.54) is 17.6 Å². The third kappa shape index (κ3) is 2.51. The normalized spacial score (nSPS) is 16.1. The van der Waals surface area contributed by atoms with Gasteiger partial charge in [0.05, 0.1) is 17.1 Å². The fourth-order valence-corrected chi connectivity index (χ4v) is 4.35. The van der Waals surface area contributed by atoms with Gasteiger partial charge in [-0.2, -0.15) is 11.3 Å². The lowest BCUT2D eigenvalue weighted by Gasteiger charge is -2.38. The van der Waals surface area contributed by atoms with Crippen molar-refractivity contribution in [2.24, 2.45) is 0 Å². The number of hydrogen-bond acceptors (Lipinski definition) is 5. The number of nitrogens with zero attached hydrogens (tertiary/aromatic N) is 1. The van der Waals surface area contributed by atoms with Gasteiger partial charge in [0.15, 0.2) is 9.84 Å². The van der Waals surface area contributed by atoms with Crippen molar-refractivity contribution in [3.05, 3.63) is 46.5 Å². The number of thiophene rings is 1. The second-order valence-corrected chi connectivity index (χ2v) is 7.79. The smallest absolute Gasteiger partial charge is 0.254 e. The third-order valence-electron chi connectivity index (χ3n) is 3.33. The van der Waals surface area contributed by atoms with Crippen molar-refractivity contribution in [2.75, 3.05) is 13.1 Å². The van der Waals surface area contributed by atoms with Crippen LogP contribution in [0.4, 0.5) is 0 Å². The van der Waals surface area contributed by atoms with Crippen molar-refractivity contribution in [3.63, 3.8) is 0 Å². The lowest BCUT2D eigenvalue weighted by molar-refractivity contribution is 0.0659. The number of rotatable bonds is 4. The molecule has 3 heterocycles. The fourth-order valence-electron chi connectivity index (χ4n) is 2.11. The van der Waals surface area contributed by atoms with E-state index in [0.717, 1.165) is 0 Å². The first kappa shape index (κ1) is 13.4. The summed E-state index contributed by atoms with van der Waals surface area (Å²) in [6.45, 7) is 0.523. The summed E-state index contributed by atoms with van der Waals surface area (Å²) in [4.78, 5) is 13.6. The average molecular weight is 311 g/mol. The van der Waals surface area contributed by atoms with Gasteiger partial charge in [-0.1, -0.05) is 0 Å². The van der Waals surface area contributed by atoms with Gasteiger partial charge in [-0.15, -0.1) is 0 Å². The van der Waals surface area contributed by atoms with Crippen molar-refractivity contribution >= 4 is 27.1 Å². The second-order valence-electron chi connectivity index (χ2n) is 4.73. The van der Waals surface area contributed by atoms with Crippen LogP contribution in [0.1, 0.15) is 16.1 Å². The first-order chi connectivity index (χ1) is 9.56. The van der Waals surface area contributed by atoms with Crippen LogP contribution in [0.25, 0.3) is 0 Å². The van der Waals surface area contributed by atoms with Crippen molar-refractivity contribution in [2.45, 2.75) is 11.0 Å². The summed E-state index contributed by atoms with van der Waals surface area (Å²) < 4.78 is 29.3. The van der Waals surface area contributed by atoms with Crippen LogP contribution in [0.2, 0.25) is 0 Å². The maximum atomic E-state index is 12.1. The highest BCUT2D eigenvalue weighted by Gasteiger charge is 2.40. The lowest BCUT2D eigenvalue weighted by atomic mass is 10.2. The predicted octanol–water partition coefficient (Wildman–Crippen LogP) is 1.78. The van der Waals surface area contributed by atoms with E-state index >= 15 is 0 Å². The molecule has 0 saturated carbocycles. The van der Waals surface area contributed by atoms with Crippen LogP contribution in [0.15, 0.2) is 39.6 Å². The average Bonchev–Trinajstić information content (AvgIpc) is 2.96. The molecule has 0 N–H and O–H groups in total. The highest BCUT2D eigenvalue weighted by atomic mass is 32.2. The summed E-state index contributed by atoms with van der Waals surface area (Å²) in [6.07, 6.45) is 1.46. The van der Waals surface area contributed by atoms with E-state index in [1.807, 2.05) is 5.38 Å². The molecule has 0 spiro atoms. The molecule has 0 aromatic carbocycles. The van der Waals surface area contributed by atoms with Gasteiger partial charge in [0.2, 0.25) is 0 Å². The highest BCUT2D eigenvalue weighted by Crippen LogP contribution is 2.23. The molecule has 1 saturated heterocycles. The number of carbonyl (C=O) groups excluding carboxylic acids is 1. The quantitative estimate of drug-likeness (QED) is 0.863. The van der Waals surface area contributed by atoms with E-state index in [1.54, 1.807) is 28.5 Å². The van der Waals surface area contributed by atoms with Crippen LogP contribution in [-0.4, -0.2) is 37.6 Å². The number of hydrogen-bond donors (Lipinski definition) is 0. The molecule has 1 fully saturated rings. The van der Waals surface area contributed by atoms with Gasteiger partial charge in [0.25, 0.3) is 5.91 Å². The maximum Gasteiger partial charge on any atom is 0.254 e. The molecule has 5 nitrogen and oxygen atoms in total. The van der Waals surface area contributed by atoms with Crippen molar-refractivity contribution < 1.29 is 17.6 Å². The van der Waals surface area contributed by atoms with Crippen LogP contribution >= 0.6 is 11.3 Å². The largest absolute Gasteiger partial charge is 0.468 e. The standard InChI is InChI=1S/C13H13NO4S2/c15-13(10-3-5-19-8-10)14-6-12(7-14)20(16,17)9-11-2-1-4-18-11/h1-5,8,12H,6-7,9H2. The molecule has 1 aliphatic heterocycles. The third-order valence-corrected chi connectivity index (χ3v) is 6.02. The van der Waals surface area contributed by atoms with E-state index in [0.29, 0.717) is 11.3 Å². The summed E-state index contributed by atoms with van der Waals surface area (Å²) in [5.41, 5.74) is 0.622. The molecule has 0 unspecified atom stereocenters. The van der Waals surface area contributed by atoms with Crippen LogP contribution in [-0.2, 0) is 15.6 Å². The first-order valence-corrected chi connectivity index (χ1v) is 8.77. The van der Waals surface area contributed by atoms with Gasteiger partial charge in [-0.25, -0.2) is 8.42 Å². The molecule has 1 aliphatic rings. The van der Waals surface area contributed by atoms with E-state index in [9.17, 15) is 13.2 Å². The molecule has 1 amide bonds. The Morgan fingerprint density at radius 3 is 2.80 bits per heavy atom. The van der Waals surface area contributed by atoms with Gasteiger partial charge < -0.3 is 9.32 Å². The van der Waals surface area contributed by atoms with Crippen molar-refractivity contribution in [3.8, 4) is 0 Å². The zero-order valence-electron chi connectivity index (χ0n) is 10.6. The Morgan fingerprint density at radius 1 is 1.40 bits per heavy atom. The molecule has 106 valence electrons. The van der Waals surface area contributed by atoms with E-state index in [4.69, 9.17) is 4.42 Å². The van der Waals surface area contributed by atoms with Crippen LogP contribution in [0, 0.1) is 0 Å². The SMILES string of the molecule is O=C(c1ccsc1)N1CC(S(=O)(=O)Cc2ccco2)C1. The summed E-state index contributed by atoms with van der Waals surface area (Å²) >= 11 is 1.45. The number of carbonyl (C=O) groups is 1. The van der Waals surface area contributed by atoms with Gasteiger partial charge in [0, 0.05) is 18.5 Å². The van der Waals surface area contributed by atoms with Crippen LogP contribution in [0.5, 0.6) is 0 Å². The topological polar surface area (TPSA) is 67.6 Å². The van der Waals surface area contributed by atoms with E-state index in [-0.39, 0.29) is 24.7 Å². The number of likely N-dealkylation sites (tertiary alicyclic amines) is 1. The minimum atomic E-state index is -3.27. The monoisotopic (exact) mass is 311 g/mol. The molecule has 2 aromatic rings. The zero-order valence-corrected chi connectivity index (χ0v) is 12.2. The predicted molar refractivity (Wildman–Crippen MR) is 75.3 cm³/mol. The molecule has 3 rings (SSSR count). The number of furan rings is 1. The first-order valence-electron chi connectivity index (χ1n) is 6.12. The molecule has 0 atom stereocenters. The molecule has 0 radical (unpaired) electrons. The van der Waals surface area contributed by atoms with E-state index in [2.05, 4.69) is 0 Å². The van der Waals surface area contributed by atoms with Gasteiger partial charge >= 0.3 is 0 Å². The number of amides is 1. The Balaban J connectivity index is 1.61. The fraction of sp³-hybridized carbons (Fsp3) is 0.308. The van der Waals surface area contributed by atoms with Crippen molar-refractivity contribution in [1.82, 2.24) is 4.90 Å². The Morgan fingerprint density at radius 2 is 2.20 bits per heavy atom. The lowest BCUT2D eigenvalue weighted by Crippen LogP contribution is -2.57. The minimum Gasteiger partial charge on any atom is -0.468 e. The summed E-state index contributed by atoms with van der Waals surface area (Å²) in [5, 5.41) is 3.11. The van der Waals surface area contributed by atoms with Gasteiger partial charge in [-0.05, 0) is 23.6 Å². The molecule has 7 heteroatoms. The highest BCUT2D eigenvalue weighted by molar-refractivity contribution is 7.91. The minimum absolute atomic E-state index is 0.101. The summed E-state index contributed by atoms with van der Waals surface area (Å²) in [7, 11) is -3.27. The Labute approximate surface area is 120 Å². The Hall–Kier alpha value is -1.60.